The minimum absolute atomic E-state index is 0.115. The van der Waals surface area contributed by atoms with Gasteiger partial charge in [0.25, 0.3) is 5.91 Å². The van der Waals surface area contributed by atoms with Crippen molar-refractivity contribution in [2.75, 3.05) is 11.9 Å². The van der Waals surface area contributed by atoms with Gasteiger partial charge in [-0.3, -0.25) is 4.79 Å². The van der Waals surface area contributed by atoms with Gasteiger partial charge < -0.3 is 14.5 Å². The number of amides is 1. The van der Waals surface area contributed by atoms with E-state index in [-0.39, 0.29) is 12.6 Å². The van der Waals surface area contributed by atoms with Gasteiger partial charge in [-0.05, 0) is 33.8 Å². The third-order valence-electron chi connectivity index (χ3n) is 3.02. The van der Waals surface area contributed by atoms with Crippen molar-refractivity contribution in [3.8, 4) is 0 Å². The standard InChI is InChI=1S/C15H19N3O4/c1-9(2)18-13(5-6-16-18)17-14(19)8-21-15(20)12-7-10(3)22-11(12)4/h5-7,9H,8H2,1-4H3,(H,17,19). The predicted octanol–water partition coefficient (Wildman–Crippen LogP) is 2.47. The summed E-state index contributed by atoms with van der Waals surface area (Å²) in [6.07, 6.45) is 1.60. The first-order valence-corrected chi connectivity index (χ1v) is 6.96. The van der Waals surface area contributed by atoms with Gasteiger partial charge >= 0.3 is 5.97 Å². The minimum atomic E-state index is -0.582. The number of aryl methyl sites for hydroxylation is 2. The van der Waals surface area contributed by atoms with Crippen LogP contribution in [0.25, 0.3) is 0 Å². The van der Waals surface area contributed by atoms with Gasteiger partial charge in [0, 0.05) is 12.1 Å². The number of hydrogen-bond donors (Lipinski definition) is 1. The summed E-state index contributed by atoms with van der Waals surface area (Å²) in [6, 6.07) is 3.39. The molecule has 0 unspecified atom stereocenters. The Hall–Kier alpha value is -2.57. The molecule has 7 heteroatoms. The first-order valence-electron chi connectivity index (χ1n) is 6.96. The van der Waals surface area contributed by atoms with E-state index in [1.54, 1.807) is 36.9 Å². The largest absolute Gasteiger partial charge is 0.466 e. The Morgan fingerprint density at radius 3 is 2.73 bits per heavy atom. The zero-order valence-corrected chi connectivity index (χ0v) is 13.0. The lowest BCUT2D eigenvalue weighted by Gasteiger charge is -2.11. The summed E-state index contributed by atoms with van der Waals surface area (Å²) in [5, 5.41) is 6.77. The van der Waals surface area contributed by atoms with Gasteiger partial charge in [0.2, 0.25) is 0 Å². The smallest absolute Gasteiger partial charge is 0.342 e. The van der Waals surface area contributed by atoms with Gasteiger partial charge in [-0.15, -0.1) is 0 Å². The number of anilines is 1. The molecule has 0 fully saturated rings. The van der Waals surface area contributed by atoms with Crippen molar-refractivity contribution in [1.82, 2.24) is 9.78 Å². The highest BCUT2D eigenvalue weighted by atomic mass is 16.5. The second-order valence-corrected chi connectivity index (χ2v) is 5.21. The van der Waals surface area contributed by atoms with Crippen molar-refractivity contribution >= 4 is 17.7 Å². The van der Waals surface area contributed by atoms with Gasteiger partial charge in [0.15, 0.2) is 6.61 Å². The summed E-state index contributed by atoms with van der Waals surface area (Å²) in [4.78, 5) is 23.7. The number of nitrogens with zero attached hydrogens (tertiary/aromatic N) is 2. The van der Waals surface area contributed by atoms with Crippen molar-refractivity contribution in [2.24, 2.45) is 0 Å². The molecule has 0 saturated heterocycles. The molecule has 0 aliphatic heterocycles. The molecule has 0 saturated carbocycles. The average molecular weight is 305 g/mol. The second kappa shape index (κ2) is 6.46. The summed E-state index contributed by atoms with van der Waals surface area (Å²) in [5.41, 5.74) is 0.331. The van der Waals surface area contributed by atoms with Crippen LogP contribution in [0.4, 0.5) is 5.82 Å². The van der Waals surface area contributed by atoms with Crippen LogP contribution in [-0.4, -0.2) is 28.3 Å². The van der Waals surface area contributed by atoms with Crippen molar-refractivity contribution in [2.45, 2.75) is 33.7 Å². The average Bonchev–Trinajstić information content (AvgIpc) is 3.02. The first kappa shape index (κ1) is 15.8. The van der Waals surface area contributed by atoms with Crippen LogP contribution >= 0.6 is 0 Å². The number of aromatic nitrogens is 2. The van der Waals surface area contributed by atoms with Crippen LogP contribution in [0.3, 0.4) is 0 Å². The van der Waals surface area contributed by atoms with Crippen LogP contribution < -0.4 is 5.32 Å². The molecule has 2 heterocycles. The van der Waals surface area contributed by atoms with Gasteiger partial charge in [-0.2, -0.15) is 5.10 Å². The van der Waals surface area contributed by atoms with E-state index in [0.29, 0.717) is 22.9 Å². The predicted molar refractivity (Wildman–Crippen MR) is 79.7 cm³/mol. The topological polar surface area (TPSA) is 86.4 Å². The minimum Gasteiger partial charge on any atom is -0.466 e. The summed E-state index contributed by atoms with van der Waals surface area (Å²) < 4.78 is 11.9. The Kier molecular flexibility index (Phi) is 4.65. The molecular formula is C15H19N3O4. The molecule has 2 aromatic heterocycles. The number of rotatable bonds is 5. The SMILES string of the molecule is Cc1cc(C(=O)OCC(=O)Nc2ccnn2C(C)C)c(C)o1. The molecule has 0 atom stereocenters. The molecule has 0 aliphatic carbocycles. The van der Waals surface area contributed by atoms with E-state index in [2.05, 4.69) is 10.4 Å². The van der Waals surface area contributed by atoms with Gasteiger partial charge in [0.05, 0.1) is 6.20 Å². The number of ether oxygens (including phenoxy) is 1. The van der Waals surface area contributed by atoms with Crippen LogP contribution in [0.2, 0.25) is 0 Å². The molecule has 2 aromatic rings. The number of carbonyl (C=O) groups is 2. The van der Waals surface area contributed by atoms with Crippen LogP contribution in [-0.2, 0) is 9.53 Å². The van der Waals surface area contributed by atoms with Crippen LogP contribution in [0.5, 0.6) is 0 Å². The fourth-order valence-corrected chi connectivity index (χ4v) is 2.05. The summed E-state index contributed by atoms with van der Waals surface area (Å²) in [7, 11) is 0. The normalized spacial score (nSPS) is 10.8. The fourth-order valence-electron chi connectivity index (χ4n) is 2.05. The molecule has 118 valence electrons. The fraction of sp³-hybridized carbons (Fsp3) is 0.400. The zero-order chi connectivity index (χ0) is 16.3. The van der Waals surface area contributed by atoms with Gasteiger partial charge in [-0.1, -0.05) is 0 Å². The third-order valence-corrected chi connectivity index (χ3v) is 3.02. The molecule has 1 N–H and O–H groups in total. The van der Waals surface area contributed by atoms with Crippen molar-refractivity contribution in [1.29, 1.82) is 0 Å². The number of furan rings is 1. The van der Waals surface area contributed by atoms with Crippen LogP contribution in [0.15, 0.2) is 22.7 Å². The lowest BCUT2D eigenvalue weighted by atomic mass is 10.2. The van der Waals surface area contributed by atoms with Gasteiger partial charge in [-0.25, -0.2) is 9.48 Å². The van der Waals surface area contributed by atoms with Crippen LogP contribution in [0.1, 0.15) is 41.8 Å². The Bertz CT molecular complexity index is 685. The van der Waals surface area contributed by atoms with Crippen molar-refractivity contribution < 1.29 is 18.7 Å². The molecule has 0 spiro atoms. The van der Waals surface area contributed by atoms with E-state index in [0.717, 1.165) is 0 Å². The molecule has 7 nitrogen and oxygen atoms in total. The molecule has 1 amide bonds. The van der Waals surface area contributed by atoms with Crippen LogP contribution in [0, 0.1) is 13.8 Å². The maximum absolute atomic E-state index is 11.9. The number of esters is 1. The highest BCUT2D eigenvalue weighted by molar-refractivity contribution is 5.95. The molecule has 2 rings (SSSR count). The van der Waals surface area contributed by atoms with E-state index in [9.17, 15) is 9.59 Å². The molecule has 0 bridgehead atoms. The highest BCUT2D eigenvalue weighted by Gasteiger charge is 2.17. The van der Waals surface area contributed by atoms with E-state index in [1.807, 2.05) is 13.8 Å². The Labute approximate surface area is 128 Å². The monoisotopic (exact) mass is 305 g/mol. The molecule has 0 aliphatic rings. The summed E-state index contributed by atoms with van der Waals surface area (Å²) >= 11 is 0. The third kappa shape index (κ3) is 3.55. The quantitative estimate of drug-likeness (QED) is 0.858. The van der Waals surface area contributed by atoms with E-state index < -0.39 is 11.9 Å². The summed E-state index contributed by atoms with van der Waals surface area (Å²) in [5.74, 6) is 0.650. The van der Waals surface area contributed by atoms with Crippen molar-refractivity contribution in [3.05, 3.63) is 35.4 Å². The zero-order valence-electron chi connectivity index (χ0n) is 13.0. The Morgan fingerprint density at radius 1 is 1.41 bits per heavy atom. The summed E-state index contributed by atoms with van der Waals surface area (Å²) in [6.45, 7) is 6.94. The maximum atomic E-state index is 11.9. The van der Waals surface area contributed by atoms with Crippen molar-refractivity contribution in [3.63, 3.8) is 0 Å². The number of nitrogens with one attached hydrogen (secondary N) is 1. The van der Waals surface area contributed by atoms with Gasteiger partial charge in [0.1, 0.15) is 22.9 Å². The Morgan fingerprint density at radius 2 is 2.14 bits per heavy atom. The molecule has 0 radical (unpaired) electrons. The second-order valence-electron chi connectivity index (χ2n) is 5.21. The lowest BCUT2D eigenvalue weighted by Crippen LogP contribution is -2.23. The molecule has 0 aromatic carbocycles. The Balaban J connectivity index is 1.91. The maximum Gasteiger partial charge on any atom is 0.342 e. The highest BCUT2D eigenvalue weighted by Crippen LogP contribution is 2.15. The molecule has 22 heavy (non-hydrogen) atoms. The number of hydrogen-bond acceptors (Lipinski definition) is 5. The first-order chi connectivity index (χ1) is 10.4. The van der Waals surface area contributed by atoms with E-state index in [1.165, 1.54) is 0 Å². The lowest BCUT2D eigenvalue weighted by molar-refractivity contribution is -0.119. The number of carbonyl (C=O) groups excluding carboxylic acids is 2. The molecular weight excluding hydrogens is 286 g/mol. The van der Waals surface area contributed by atoms with E-state index in [4.69, 9.17) is 9.15 Å². The van der Waals surface area contributed by atoms with E-state index >= 15 is 0 Å².